The van der Waals surface area contributed by atoms with Crippen LogP contribution in [0.15, 0.2) is 24.3 Å². The molecule has 0 aromatic heterocycles. The maximum atomic E-state index is 8.72. The second-order valence-corrected chi connectivity index (χ2v) is 3.66. The molecule has 0 aliphatic heterocycles. The number of nitriles is 1. The van der Waals surface area contributed by atoms with Crippen LogP contribution in [0.4, 0.5) is 5.69 Å². The molecule has 1 aromatic carbocycles. The second kappa shape index (κ2) is 5.26. The smallest absolute Gasteiger partial charge is 0.142 e. The van der Waals surface area contributed by atoms with Crippen molar-refractivity contribution in [2.45, 2.75) is 32.9 Å². The summed E-state index contributed by atoms with van der Waals surface area (Å²) < 4.78 is 5.62. The molecule has 1 rings (SSSR count). The van der Waals surface area contributed by atoms with Gasteiger partial charge in [0.2, 0.25) is 0 Å². The Morgan fingerprint density at radius 3 is 2.53 bits per heavy atom. The van der Waals surface area contributed by atoms with Gasteiger partial charge in [0.15, 0.2) is 0 Å². The first-order valence-corrected chi connectivity index (χ1v) is 5.05. The van der Waals surface area contributed by atoms with Crippen LogP contribution >= 0.6 is 0 Å². The largest absolute Gasteiger partial charge is 0.489 e. The maximum Gasteiger partial charge on any atom is 0.142 e. The molecule has 3 nitrogen and oxygen atoms in total. The van der Waals surface area contributed by atoms with E-state index in [0.29, 0.717) is 0 Å². The number of nitrogens with zero attached hydrogens (tertiary/aromatic N) is 1. The molecule has 0 bridgehead atoms. The third-order valence-electron chi connectivity index (χ3n) is 1.82. The number of hydrogen-bond acceptors (Lipinski definition) is 3. The summed E-state index contributed by atoms with van der Waals surface area (Å²) in [5.41, 5.74) is 0.861. The summed E-state index contributed by atoms with van der Waals surface area (Å²) in [4.78, 5) is 0. The predicted octanol–water partition coefficient (Wildman–Crippen LogP) is 2.80. The molecule has 1 atom stereocenters. The Labute approximate surface area is 90.7 Å². The predicted molar refractivity (Wildman–Crippen MR) is 60.9 cm³/mol. The molecule has 0 saturated carbocycles. The highest BCUT2D eigenvalue weighted by Gasteiger charge is 2.06. The average molecular weight is 204 g/mol. The van der Waals surface area contributed by atoms with Crippen molar-refractivity contribution in [1.29, 1.82) is 5.26 Å². The van der Waals surface area contributed by atoms with Crippen molar-refractivity contribution in [1.82, 2.24) is 0 Å². The Balaban J connectivity index is 2.82. The molecule has 1 unspecified atom stereocenters. The standard InChI is InChI=1S/C12H16N2O/c1-9(2)15-12-7-5-4-6-11(12)14-10(3)8-13/h4-7,9-10,14H,1-3H3. The van der Waals surface area contributed by atoms with E-state index in [0.717, 1.165) is 11.4 Å². The van der Waals surface area contributed by atoms with Crippen LogP contribution in [-0.4, -0.2) is 12.1 Å². The van der Waals surface area contributed by atoms with Gasteiger partial charge in [-0.2, -0.15) is 5.26 Å². The molecular weight excluding hydrogens is 188 g/mol. The second-order valence-electron chi connectivity index (χ2n) is 3.66. The fourth-order valence-electron chi connectivity index (χ4n) is 1.21. The van der Waals surface area contributed by atoms with Gasteiger partial charge >= 0.3 is 0 Å². The van der Waals surface area contributed by atoms with E-state index < -0.39 is 0 Å². The summed E-state index contributed by atoms with van der Waals surface area (Å²) >= 11 is 0. The van der Waals surface area contributed by atoms with E-state index >= 15 is 0 Å². The average Bonchev–Trinajstić information content (AvgIpc) is 2.20. The topological polar surface area (TPSA) is 45.0 Å². The minimum absolute atomic E-state index is 0.130. The Morgan fingerprint density at radius 1 is 1.27 bits per heavy atom. The highest BCUT2D eigenvalue weighted by atomic mass is 16.5. The number of anilines is 1. The van der Waals surface area contributed by atoms with Crippen LogP contribution in [0, 0.1) is 11.3 Å². The number of para-hydroxylation sites is 2. The minimum atomic E-state index is -0.220. The van der Waals surface area contributed by atoms with E-state index in [1.807, 2.05) is 45.0 Å². The molecule has 0 heterocycles. The van der Waals surface area contributed by atoms with Crippen LogP contribution in [0.3, 0.4) is 0 Å². The Kier molecular flexibility index (Phi) is 3.99. The van der Waals surface area contributed by atoms with Crippen LogP contribution in [-0.2, 0) is 0 Å². The van der Waals surface area contributed by atoms with Crippen LogP contribution < -0.4 is 10.1 Å². The molecule has 0 aliphatic carbocycles. The first kappa shape index (κ1) is 11.4. The highest BCUT2D eigenvalue weighted by Crippen LogP contribution is 2.25. The van der Waals surface area contributed by atoms with Gasteiger partial charge in [-0.05, 0) is 32.9 Å². The molecule has 0 fully saturated rings. The van der Waals surface area contributed by atoms with E-state index in [2.05, 4.69) is 11.4 Å². The van der Waals surface area contributed by atoms with Crippen molar-refractivity contribution in [2.24, 2.45) is 0 Å². The lowest BCUT2D eigenvalue weighted by Crippen LogP contribution is -2.14. The van der Waals surface area contributed by atoms with Crippen molar-refractivity contribution in [3.63, 3.8) is 0 Å². The molecule has 80 valence electrons. The summed E-state index contributed by atoms with van der Waals surface area (Å²) in [5.74, 6) is 0.787. The fourth-order valence-corrected chi connectivity index (χ4v) is 1.21. The summed E-state index contributed by atoms with van der Waals surface area (Å²) in [7, 11) is 0. The van der Waals surface area contributed by atoms with E-state index in [4.69, 9.17) is 10.00 Å². The SMILES string of the molecule is CC(C#N)Nc1ccccc1OC(C)C. The molecule has 0 amide bonds. The molecule has 1 N–H and O–H groups in total. The zero-order valence-corrected chi connectivity index (χ0v) is 9.32. The summed E-state index contributed by atoms with van der Waals surface area (Å²) in [6, 6.07) is 9.54. The van der Waals surface area contributed by atoms with E-state index in [1.165, 1.54) is 0 Å². The quantitative estimate of drug-likeness (QED) is 0.820. The molecule has 3 heteroatoms. The highest BCUT2D eigenvalue weighted by molar-refractivity contribution is 5.57. The number of hydrogen-bond donors (Lipinski definition) is 1. The third-order valence-corrected chi connectivity index (χ3v) is 1.82. The normalized spacial score (nSPS) is 11.9. The van der Waals surface area contributed by atoms with Crippen molar-refractivity contribution in [3.05, 3.63) is 24.3 Å². The lowest BCUT2D eigenvalue weighted by atomic mass is 10.2. The van der Waals surface area contributed by atoms with Crippen LogP contribution in [0.1, 0.15) is 20.8 Å². The van der Waals surface area contributed by atoms with Gasteiger partial charge in [0.05, 0.1) is 17.9 Å². The summed E-state index contributed by atoms with van der Waals surface area (Å²) in [6.07, 6.45) is 0.130. The van der Waals surface area contributed by atoms with Gasteiger partial charge in [-0.3, -0.25) is 0 Å². The van der Waals surface area contributed by atoms with Gasteiger partial charge in [0.1, 0.15) is 11.8 Å². The number of ether oxygens (including phenoxy) is 1. The fraction of sp³-hybridized carbons (Fsp3) is 0.417. The Bertz CT molecular complexity index is 355. The van der Waals surface area contributed by atoms with Crippen LogP contribution in [0.25, 0.3) is 0 Å². The zero-order valence-electron chi connectivity index (χ0n) is 9.32. The molecule has 0 aliphatic rings. The lowest BCUT2D eigenvalue weighted by Gasteiger charge is -2.16. The van der Waals surface area contributed by atoms with Crippen molar-refractivity contribution in [3.8, 4) is 11.8 Å². The van der Waals surface area contributed by atoms with Gasteiger partial charge in [-0.15, -0.1) is 0 Å². The molecule has 15 heavy (non-hydrogen) atoms. The van der Waals surface area contributed by atoms with Crippen molar-refractivity contribution >= 4 is 5.69 Å². The maximum absolute atomic E-state index is 8.72. The first-order chi connectivity index (χ1) is 7.13. The third kappa shape index (κ3) is 3.51. The van der Waals surface area contributed by atoms with Gasteiger partial charge in [0.25, 0.3) is 0 Å². The monoisotopic (exact) mass is 204 g/mol. The Hall–Kier alpha value is -1.69. The number of rotatable bonds is 4. The van der Waals surface area contributed by atoms with Crippen LogP contribution in [0.2, 0.25) is 0 Å². The zero-order chi connectivity index (χ0) is 11.3. The molecular formula is C12H16N2O. The Morgan fingerprint density at radius 2 is 1.93 bits per heavy atom. The molecule has 0 radical (unpaired) electrons. The van der Waals surface area contributed by atoms with Gasteiger partial charge in [0, 0.05) is 0 Å². The van der Waals surface area contributed by atoms with Gasteiger partial charge in [-0.1, -0.05) is 12.1 Å². The van der Waals surface area contributed by atoms with E-state index in [9.17, 15) is 0 Å². The van der Waals surface area contributed by atoms with Gasteiger partial charge in [-0.25, -0.2) is 0 Å². The lowest BCUT2D eigenvalue weighted by molar-refractivity contribution is 0.243. The van der Waals surface area contributed by atoms with Crippen molar-refractivity contribution in [2.75, 3.05) is 5.32 Å². The van der Waals surface area contributed by atoms with Crippen LogP contribution in [0.5, 0.6) is 5.75 Å². The first-order valence-electron chi connectivity index (χ1n) is 5.05. The molecule has 0 spiro atoms. The van der Waals surface area contributed by atoms with Gasteiger partial charge < -0.3 is 10.1 Å². The minimum Gasteiger partial charge on any atom is -0.489 e. The van der Waals surface area contributed by atoms with E-state index in [-0.39, 0.29) is 12.1 Å². The summed E-state index contributed by atoms with van der Waals surface area (Å²) in [5, 5.41) is 11.8. The molecule has 0 saturated heterocycles. The van der Waals surface area contributed by atoms with Crippen molar-refractivity contribution < 1.29 is 4.74 Å². The number of nitrogens with one attached hydrogen (secondary N) is 1. The summed E-state index contributed by atoms with van der Waals surface area (Å²) in [6.45, 7) is 5.77. The molecule has 1 aromatic rings. The van der Waals surface area contributed by atoms with E-state index in [1.54, 1.807) is 0 Å². The number of benzene rings is 1.